The third-order valence-corrected chi connectivity index (χ3v) is 3.68. The maximum atomic E-state index is 6.21. The Kier molecular flexibility index (Phi) is 4.65. The van der Waals surface area contributed by atoms with Crippen LogP contribution in [-0.2, 0) is 13.1 Å². The summed E-state index contributed by atoms with van der Waals surface area (Å²) < 4.78 is 1.93. The summed E-state index contributed by atoms with van der Waals surface area (Å²) in [5.74, 6) is 0.559. The van der Waals surface area contributed by atoms with Crippen LogP contribution < -0.4 is 5.32 Å². The van der Waals surface area contributed by atoms with Crippen molar-refractivity contribution in [1.29, 1.82) is 0 Å². The van der Waals surface area contributed by atoms with Gasteiger partial charge in [-0.3, -0.25) is 4.68 Å². The summed E-state index contributed by atoms with van der Waals surface area (Å²) in [6, 6.07) is 0. The predicted octanol–water partition coefficient (Wildman–Crippen LogP) is 2.97. The molecule has 0 aliphatic heterocycles. The van der Waals surface area contributed by atoms with Gasteiger partial charge in [0.1, 0.15) is 0 Å². The maximum Gasteiger partial charge on any atom is 0.0860 e. The van der Waals surface area contributed by atoms with Crippen molar-refractivity contribution in [2.45, 2.75) is 46.3 Å². The number of aryl methyl sites for hydroxylation is 2. The zero-order valence-electron chi connectivity index (χ0n) is 10.3. The molecule has 0 radical (unpaired) electrons. The van der Waals surface area contributed by atoms with Gasteiger partial charge in [0.05, 0.1) is 16.4 Å². The van der Waals surface area contributed by atoms with Crippen LogP contribution in [0.4, 0.5) is 0 Å². The van der Waals surface area contributed by atoms with Gasteiger partial charge in [0.25, 0.3) is 0 Å². The van der Waals surface area contributed by atoms with E-state index in [1.165, 1.54) is 0 Å². The van der Waals surface area contributed by atoms with Gasteiger partial charge in [-0.15, -0.1) is 11.6 Å². The first-order chi connectivity index (χ1) is 7.41. The molecule has 1 heterocycles. The molecule has 0 aromatic carbocycles. The molecule has 0 spiro atoms. The second-order valence-corrected chi connectivity index (χ2v) is 5.18. The van der Waals surface area contributed by atoms with Crippen LogP contribution in [0.2, 0.25) is 5.02 Å². The van der Waals surface area contributed by atoms with Crippen LogP contribution in [0.25, 0.3) is 0 Å². The van der Waals surface area contributed by atoms with Gasteiger partial charge in [0.2, 0.25) is 0 Å². The van der Waals surface area contributed by atoms with Gasteiger partial charge in [0.15, 0.2) is 0 Å². The number of hydrogen-bond acceptors (Lipinski definition) is 2. The summed E-state index contributed by atoms with van der Waals surface area (Å²) >= 11 is 12.1. The zero-order chi connectivity index (χ0) is 12.3. The molecule has 5 heteroatoms. The van der Waals surface area contributed by atoms with Crippen LogP contribution >= 0.6 is 23.2 Å². The Morgan fingerprint density at radius 3 is 2.56 bits per heavy atom. The first-order valence-corrected chi connectivity index (χ1v) is 6.35. The molecule has 3 nitrogen and oxygen atoms in total. The van der Waals surface area contributed by atoms with Crippen molar-refractivity contribution in [3.63, 3.8) is 0 Å². The Balaban J connectivity index is 2.81. The van der Waals surface area contributed by atoms with E-state index in [-0.39, 0.29) is 5.54 Å². The molecule has 0 bridgehead atoms. The Labute approximate surface area is 107 Å². The highest BCUT2D eigenvalue weighted by atomic mass is 35.5. The van der Waals surface area contributed by atoms with Crippen LogP contribution in [0.15, 0.2) is 0 Å². The Hall–Kier alpha value is -0.250. The molecule has 0 saturated carbocycles. The fourth-order valence-corrected chi connectivity index (χ4v) is 1.70. The molecular weight excluding hydrogens is 245 g/mol. The first-order valence-electron chi connectivity index (χ1n) is 5.44. The van der Waals surface area contributed by atoms with Crippen molar-refractivity contribution in [2.24, 2.45) is 0 Å². The number of rotatable bonds is 5. The lowest BCUT2D eigenvalue weighted by Gasteiger charge is -2.23. The number of halogens is 2. The second kappa shape index (κ2) is 5.39. The smallest absolute Gasteiger partial charge is 0.0860 e. The molecule has 1 rings (SSSR count). The molecule has 1 aromatic rings. The standard InChI is InChI=1S/C11H19Cl2N3/c1-5-16-9(10(13)8(2)15-16)6-14-11(3,4)7-12/h14H,5-7H2,1-4H3. The highest BCUT2D eigenvalue weighted by molar-refractivity contribution is 6.31. The normalized spacial score (nSPS) is 12.1. The summed E-state index contributed by atoms with van der Waals surface area (Å²) in [6.45, 7) is 9.61. The van der Waals surface area contributed by atoms with Gasteiger partial charge in [-0.25, -0.2) is 0 Å². The van der Waals surface area contributed by atoms with Gasteiger partial charge in [-0.1, -0.05) is 11.6 Å². The molecule has 1 N–H and O–H groups in total. The van der Waals surface area contributed by atoms with Crippen LogP contribution in [0, 0.1) is 6.92 Å². The summed E-state index contributed by atoms with van der Waals surface area (Å²) in [7, 11) is 0. The van der Waals surface area contributed by atoms with Crippen LogP contribution in [0.3, 0.4) is 0 Å². The van der Waals surface area contributed by atoms with E-state index in [9.17, 15) is 0 Å². The largest absolute Gasteiger partial charge is 0.305 e. The SMILES string of the molecule is CCn1nc(C)c(Cl)c1CNC(C)(C)CCl. The molecular formula is C11H19Cl2N3. The molecule has 92 valence electrons. The van der Waals surface area contributed by atoms with E-state index in [1.807, 2.05) is 11.6 Å². The summed E-state index contributed by atoms with van der Waals surface area (Å²) in [6.07, 6.45) is 0. The van der Waals surface area contributed by atoms with Crippen molar-refractivity contribution in [1.82, 2.24) is 15.1 Å². The predicted molar refractivity (Wildman–Crippen MR) is 69.3 cm³/mol. The summed E-state index contributed by atoms with van der Waals surface area (Å²) in [5.41, 5.74) is 1.81. The van der Waals surface area contributed by atoms with Crippen molar-refractivity contribution in [3.8, 4) is 0 Å². The van der Waals surface area contributed by atoms with Crippen molar-refractivity contribution in [3.05, 3.63) is 16.4 Å². The third kappa shape index (κ3) is 3.12. The molecule has 0 unspecified atom stereocenters. The second-order valence-electron chi connectivity index (χ2n) is 4.53. The number of alkyl halides is 1. The van der Waals surface area contributed by atoms with Gasteiger partial charge >= 0.3 is 0 Å². The fraction of sp³-hybridized carbons (Fsp3) is 0.727. The quantitative estimate of drug-likeness (QED) is 0.828. The molecule has 0 atom stereocenters. The van der Waals surface area contributed by atoms with Crippen molar-refractivity contribution >= 4 is 23.2 Å². The molecule has 0 amide bonds. The molecule has 16 heavy (non-hydrogen) atoms. The van der Waals surface area contributed by atoms with Crippen molar-refractivity contribution in [2.75, 3.05) is 5.88 Å². The zero-order valence-corrected chi connectivity index (χ0v) is 11.8. The average Bonchev–Trinajstić information content (AvgIpc) is 2.52. The van der Waals surface area contributed by atoms with Crippen LogP contribution in [-0.4, -0.2) is 21.2 Å². The third-order valence-electron chi connectivity index (χ3n) is 2.52. The minimum absolute atomic E-state index is 0.0956. The highest BCUT2D eigenvalue weighted by Crippen LogP contribution is 2.20. The topological polar surface area (TPSA) is 29.9 Å². The lowest BCUT2D eigenvalue weighted by Crippen LogP contribution is -2.40. The Morgan fingerprint density at radius 2 is 2.06 bits per heavy atom. The number of aromatic nitrogens is 2. The molecule has 0 fully saturated rings. The molecule has 1 aromatic heterocycles. The maximum absolute atomic E-state index is 6.21. The van der Waals surface area contributed by atoms with Crippen molar-refractivity contribution < 1.29 is 0 Å². The average molecular weight is 264 g/mol. The highest BCUT2D eigenvalue weighted by Gasteiger charge is 2.18. The summed E-state index contributed by atoms with van der Waals surface area (Å²) in [4.78, 5) is 0. The molecule has 0 aliphatic rings. The Bertz CT molecular complexity index is 358. The van der Waals surface area contributed by atoms with E-state index in [4.69, 9.17) is 23.2 Å². The van der Waals surface area contributed by atoms with Gasteiger partial charge < -0.3 is 5.32 Å². The van der Waals surface area contributed by atoms with E-state index in [2.05, 4.69) is 31.2 Å². The van der Waals surface area contributed by atoms with E-state index in [0.29, 0.717) is 12.4 Å². The van der Waals surface area contributed by atoms with E-state index < -0.39 is 0 Å². The lowest BCUT2D eigenvalue weighted by atomic mass is 10.1. The van der Waals surface area contributed by atoms with Crippen LogP contribution in [0.5, 0.6) is 0 Å². The van der Waals surface area contributed by atoms with E-state index in [0.717, 1.165) is 23.0 Å². The van der Waals surface area contributed by atoms with Gasteiger partial charge in [-0.2, -0.15) is 5.10 Å². The van der Waals surface area contributed by atoms with Crippen LogP contribution in [0.1, 0.15) is 32.2 Å². The van der Waals surface area contributed by atoms with Gasteiger partial charge in [-0.05, 0) is 27.7 Å². The van der Waals surface area contributed by atoms with Gasteiger partial charge in [0, 0.05) is 24.5 Å². The first kappa shape index (κ1) is 13.8. The fourth-order valence-electron chi connectivity index (χ4n) is 1.41. The van der Waals surface area contributed by atoms with E-state index in [1.54, 1.807) is 0 Å². The minimum atomic E-state index is -0.0956. The van der Waals surface area contributed by atoms with E-state index >= 15 is 0 Å². The number of hydrogen-bond donors (Lipinski definition) is 1. The lowest BCUT2D eigenvalue weighted by molar-refractivity contribution is 0.417. The monoisotopic (exact) mass is 263 g/mol. The number of nitrogens with zero attached hydrogens (tertiary/aromatic N) is 2. The molecule has 0 saturated heterocycles. The molecule has 0 aliphatic carbocycles. The summed E-state index contributed by atoms with van der Waals surface area (Å²) in [5, 5.41) is 8.49. The number of nitrogens with one attached hydrogen (secondary N) is 1. The minimum Gasteiger partial charge on any atom is -0.305 e. The Morgan fingerprint density at radius 1 is 1.44 bits per heavy atom.